The van der Waals surface area contributed by atoms with Crippen molar-refractivity contribution in [2.75, 3.05) is 36.8 Å². The molecule has 196 valence electrons. The summed E-state index contributed by atoms with van der Waals surface area (Å²) in [7, 11) is 0. The standard InChI is InChI=1S/C28H38N8O/c1-19-17-20(27(37)36-15-11-22(12-16-36)35-13-5-6-14-35)9-10-23(19)32-28-33-25-24(29-18-30-25)26(34-28)31-21-7-3-2-4-8-21/h9-10,17-18,21-22H,2-8,11-16H2,1H3,(H3,29,30,31,32,33,34). The molecule has 3 aromatic rings. The average molecular weight is 503 g/mol. The van der Waals surface area contributed by atoms with Crippen LogP contribution >= 0.6 is 0 Å². The molecule has 1 aromatic carbocycles. The fourth-order valence-corrected chi connectivity index (χ4v) is 6.21. The molecule has 3 fully saturated rings. The third-order valence-corrected chi connectivity index (χ3v) is 8.36. The van der Waals surface area contributed by atoms with Gasteiger partial charge in [-0.2, -0.15) is 9.97 Å². The maximum Gasteiger partial charge on any atom is 0.253 e. The SMILES string of the molecule is Cc1cc(C(=O)N2CCC(N3CCCC3)CC2)ccc1Nc1nc(NC2CCCCC2)c2[nH]cnc2n1. The molecule has 1 amide bonds. The van der Waals surface area contributed by atoms with E-state index in [1.807, 2.05) is 30.0 Å². The van der Waals surface area contributed by atoms with Crippen molar-refractivity contribution < 1.29 is 4.79 Å². The van der Waals surface area contributed by atoms with Crippen molar-refractivity contribution in [3.05, 3.63) is 35.7 Å². The molecule has 2 aliphatic heterocycles. The molecule has 3 aliphatic rings. The number of fused-ring (bicyclic) bond motifs is 1. The van der Waals surface area contributed by atoms with Crippen LogP contribution in [0.3, 0.4) is 0 Å². The van der Waals surface area contributed by atoms with Gasteiger partial charge in [0.15, 0.2) is 11.5 Å². The number of anilines is 3. The largest absolute Gasteiger partial charge is 0.365 e. The summed E-state index contributed by atoms with van der Waals surface area (Å²) in [5, 5.41) is 6.98. The smallest absolute Gasteiger partial charge is 0.253 e. The number of aromatic nitrogens is 4. The Bertz CT molecular complexity index is 1240. The van der Waals surface area contributed by atoms with Crippen LogP contribution in [0, 0.1) is 6.92 Å². The number of nitrogens with one attached hydrogen (secondary N) is 3. The Balaban J connectivity index is 1.13. The van der Waals surface area contributed by atoms with Crippen LogP contribution in [0.15, 0.2) is 24.5 Å². The van der Waals surface area contributed by atoms with E-state index >= 15 is 0 Å². The van der Waals surface area contributed by atoms with Gasteiger partial charge in [0.2, 0.25) is 5.95 Å². The number of nitrogens with zero attached hydrogens (tertiary/aromatic N) is 5. The van der Waals surface area contributed by atoms with Crippen LogP contribution in [-0.4, -0.2) is 73.9 Å². The number of rotatable bonds is 6. The molecular weight excluding hydrogens is 464 g/mol. The molecule has 0 unspecified atom stereocenters. The van der Waals surface area contributed by atoms with Gasteiger partial charge in [0.25, 0.3) is 5.91 Å². The first-order valence-corrected chi connectivity index (χ1v) is 14.0. The van der Waals surface area contributed by atoms with Crippen molar-refractivity contribution in [2.45, 2.75) is 76.8 Å². The first-order chi connectivity index (χ1) is 18.1. The molecule has 9 nitrogen and oxygen atoms in total. The number of H-pyrrole nitrogens is 1. The second-order valence-corrected chi connectivity index (χ2v) is 10.9. The number of carbonyl (C=O) groups is 1. The third kappa shape index (κ3) is 5.28. The Morgan fingerprint density at radius 2 is 1.76 bits per heavy atom. The first-order valence-electron chi connectivity index (χ1n) is 14.0. The number of imidazole rings is 1. The van der Waals surface area contributed by atoms with Gasteiger partial charge in [-0.05, 0) is 82.3 Å². The Morgan fingerprint density at radius 3 is 2.51 bits per heavy atom. The summed E-state index contributed by atoms with van der Waals surface area (Å²) in [5.74, 6) is 1.42. The van der Waals surface area contributed by atoms with Gasteiger partial charge in [0.1, 0.15) is 5.52 Å². The van der Waals surface area contributed by atoms with Crippen LogP contribution in [0.25, 0.3) is 11.2 Å². The van der Waals surface area contributed by atoms with Crippen LogP contribution in [0.2, 0.25) is 0 Å². The number of carbonyl (C=O) groups excluding carboxylic acids is 1. The van der Waals surface area contributed by atoms with E-state index in [1.54, 1.807) is 6.33 Å². The van der Waals surface area contributed by atoms with E-state index in [4.69, 9.17) is 4.98 Å². The highest BCUT2D eigenvalue weighted by Gasteiger charge is 2.29. The van der Waals surface area contributed by atoms with E-state index in [1.165, 1.54) is 45.2 Å². The van der Waals surface area contributed by atoms with Gasteiger partial charge >= 0.3 is 0 Å². The second kappa shape index (κ2) is 10.7. The molecule has 3 N–H and O–H groups in total. The molecule has 4 heterocycles. The fourth-order valence-electron chi connectivity index (χ4n) is 6.21. The summed E-state index contributed by atoms with van der Waals surface area (Å²) >= 11 is 0. The lowest BCUT2D eigenvalue weighted by atomic mass is 9.95. The first kappa shape index (κ1) is 24.2. The topological polar surface area (TPSA) is 102 Å². The predicted octanol–water partition coefficient (Wildman–Crippen LogP) is 4.85. The molecule has 1 saturated carbocycles. The normalized spacial score (nSPS) is 20.0. The van der Waals surface area contributed by atoms with E-state index in [9.17, 15) is 4.79 Å². The summed E-state index contributed by atoms with van der Waals surface area (Å²) in [6.45, 7) is 6.15. The van der Waals surface area contributed by atoms with E-state index < -0.39 is 0 Å². The van der Waals surface area contributed by atoms with Crippen molar-refractivity contribution in [3.63, 3.8) is 0 Å². The Labute approximate surface area is 218 Å². The van der Waals surface area contributed by atoms with Crippen LogP contribution in [0.5, 0.6) is 0 Å². The van der Waals surface area contributed by atoms with Gasteiger partial charge in [0.05, 0.1) is 6.33 Å². The van der Waals surface area contributed by atoms with Crippen LogP contribution in [0.1, 0.15) is 73.7 Å². The number of hydrogen-bond acceptors (Lipinski definition) is 7. The van der Waals surface area contributed by atoms with Gasteiger partial charge in [-0.3, -0.25) is 4.79 Å². The quantitative estimate of drug-likeness (QED) is 0.443. The van der Waals surface area contributed by atoms with Gasteiger partial charge in [0, 0.05) is 36.4 Å². The lowest BCUT2D eigenvalue weighted by Crippen LogP contribution is -2.45. The monoisotopic (exact) mass is 502 g/mol. The van der Waals surface area contributed by atoms with Crippen LogP contribution in [0.4, 0.5) is 17.5 Å². The molecule has 0 atom stereocenters. The average Bonchev–Trinajstić information content (AvgIpc) is 3.63. The maximum absolute atomic E-state index is 13.2. The predicted molar refractivity (Wildman–Crippen MR) is 146 cm³/mol. The molecule has 0 spiro atoms. The molecule has 9 heteroatoms. The van der Waals surface area contributed by atoms with Gasteiger partial charge < -0.3 is 25.4 Å². The van der Waals surface area contributed by atoms with Crippen molar-refractivity contribution in [1.29, 1.82) is 0 Å². The minimum absolute atomic E-state index is 0.127. The summed E-state index contributed by atoms with van der Waals surface area (Å²) in [6, 6.07) is 6.93. The highest BCUT2D eigenvalue weighted by Crippen LogP contribution is 2.28. The van der Waals surface area contributed by atoms with Crippen molar-refractivity contribution in [3.8, 4) is 0 Å². The second-order valence-electron chi connectivity index (χ2n) is 10.9. The molecule has 2 aromatic heterocycles. The fraction of sp³-hybridized carbons (Fsp3) is 0.571. The minimum Gasteiger partial charge on any atom is -0.365 e. The number of amides is 1. The molecule has 2 saturated heterocycles. The molecule has 0 radical (unpaired) electrons. The Kier molecular flexibility index (Phi) is 6.95. The lowest BCUT2D eigenvalue weighted by molar-refractivity contribution is 0.0644. The van der Waals surface area contributed by atoms with Gasteiger partial charge in [-0.25, -0.2) is 4.98 Å². The van der Waals surface area contributed by atoms with Crippen molar-refractivity contribution >= 4 is 34.5 Å². The molecular formula is C28H38N8O. The highest BCUT2D eigenvalue weighted by molar-refractivity contribution is 5.95. The Hall–Kier alpha value is -3.20. The van der Waals surface area contributed by atoms with E-state index in [-0.39, 0.29) is 5.91 Å². The molecule has 37 heavy (non-hydrogen) atoms. The summed E-state index contributed by atoms with van der Waals surface area (Å²) in [6.07, 6.45) is 12.6. The van der Waals surface area contributed by atoms with E-state index in [0.717, 1.165) is 66.9 Å². The number of aromatic amines is 1. The van der Waals surface area contributed by atoms with Crippen molar-refractivity contribution in [2.24, 2.45) is 0 Å². The number of piperidine rings is 1. The number of aryl methyl sites for hydroxylation is 1. The molecule has 0 bridgehead atoms. The highest BCUT2D eigenvalue weighted by atomic mass is 16.2. The van der Waals surface area contributed by atoms with Crippen LogP contribution < -0.4 is 10.6 Å². The zero-order valence-electron chi connectivity index (χ0n) is 21.8. The summed E-state index contributed by atoms with van der Waals surface area (Å²) in [4.78, 5) is 34.8. The van der Waals surface area contributed by atoms with E-state index in [2.05, 4.69) is 30.5 Å². The number of likely N-dealkylation sites (tertiary alicyclic amines) is 2. The zero-order valence-corrected chi connectivity index (χ0v) is 21.8. The van der Waals surface area contributed by atoms with Gasteiger partial charge in [-0.1, -0.05) is 19.3 Å². The number of benzene rings is 1. The summed E-state index contributed by atoms with van der Waals surface area (Å²) in [5.41, 5.74) is 4.10. The molecule has 6 rings (SSSR count). The van der Waals surface area contributed by atoms with E-state index in [0.29, 0.717) is 23.7 Å². The Morgan fingerprint density at radius 1 is 0.973 bits per heavy atom. The number of hydrogen-bond donors (Lipinski definition) is 3. The minimum atomic E-state index is 0.127. The molecule has 1 aliphatic carbocycles. The van der Waals surface area contributed by atoms with Gasteiger partial charge in [-0.15, -0.1) is 0 Å². The maximum atomic E-state index is 13.2. The summed E-state index contributed by atoms with van der Waals surface area (Å²) < 4.78 is 0. The third-order valence-electron chi connectivity index (χ3n) is 8.36. The zero-order chi connectivity index (χ0) is 25.2. The van der Waals surface area contributed by atoms with Crippen LogP contribution in [-0.2, 0) is 0 Å². The van der Waals surface area contributed by atoms with Crippen molar-refractivity contribution in [1.82, 2.24) is 29.7 Å². The lowest BCUT2D eigenvalue weighted by Gasteiger charge is -2.36.